The Morgan fingerprint density at radius 2 is 2.29 bits per heavy atom. The first-order valence-electron chi connectivity index (χ1n) is 6.58. The highest BCUT2D eigenvalue weighted by Crippen LogP contribution is 2.13. The lowest BCUT2D eigenvalue weighted by atomic mass is 10.2. The number of hydrogen-bond acceptors (Lipinski definition) is 4. The summed E-state index contributed by atoms with van der Waals surface area (Å²) in [4.78, 5) is 16.6. The number of hydrogen-bond donors (Lipinski definition) is 1. The van der Waals surface area contributed by atoms with Crippen molar-refractivity contribution in [3.63, 3.8) is 0 Å². The van der Waals surface area contributed by atoms with Gasteiger partial charge in [-0.1, -0.05) is 0 Å². The van der Waals surface area contributed by atoms with Crippen LogP contribution in [0.1, 0.15) is 24.4 Å². The fourth-order valence-electron chi connectivity index (χ4n) is 2.11. The monoisotopic (exact) mass is 347 g/mol. The Kier molecular flexibility index (Phi) is 3.90. The van der Waals surface area contributed by atoms with Crippen LogP contribution in [-0.2, 0) is 6.54 Å². The van der Waals surface area contributed by atoms with Crippen molar-refractivity contribution < 1.29 is 4.42 Å². The van der Waals surface area contributed by atoms with Crippen molar-refractivity contribution in [1.29, 1.82) is 0 Å². The Balaban J connectivity index is 1.82. The highest BCUT2D eigenvalue weighted by atomic mass is 79.9. The van der Waals surface area contributed by atoms with Gasteiger partial charge in [0.1, 0.15) is 11.4 Å². The molecule has 0 aliphatic rings. The second kappa shape index (κ2) is 5.83. The molecule has 5 nitrogen and oxygen atoms in total. The van der Waals surface area contributed by atoms with E-state index in [9.17, 15) is 4.79 Å². The molecule has 0 unspecified atom stereocenters. The Morgan fingerprint density at radius 1 is 1.43 bits per heavy atom. The second-order valence-electron chi connectivity index (χ2n) is 4.78. The minimum atomic E-state index is -0.0937. The summed E-state index contributed by atoms with van der Waals surface area (Å²) in [6, 6.07) is 9.05. The third kappa shape index (κ3) is 3.06. The lowest BCUT2D eigenvalue weighted by Gasteiger charge is -2.11. The maximum atomic E-state index is 12.1. The van der Waals surface area contributed by atoms with Crippen LogP contribution in [0.15, 0.2) is 56.5 Å². The zero-order valence-electron chi connectivity index (χ0n) is 11.4. The zero-order valence-corrected chi connectivity index (χ0v) is 13.0. The molecule has 0 amide bonds. The Morgan fingerprint density at radius 3 is 3.05 bits per heavy atom. The first-order chi connectivity index (χ1) is 10.1. The Hall–Kier alpha value is -1.92. The molecule has 0 bridgehead atoms. The van der Waals surface area contributed by atoms with Crippen LogP contribution in [0.25, 0.3) is 5.65 Å². The van der Waals surface area contributed by atoms with Crippen LogP contribution >= 0.6 is 15.9 Å². The third-order valence-electron chi connectivity index (χ3n) is 3.24. The molecule has 0 spiro atoms. The maximum Gasteiger partial charge on any atom is 0.258 e. The molecule has 3 aromatic rings. The largest absolute Gasteiger partial charge is 0.468 e. The molecule has 1 N–H and O–H groups in total. The number of fused-ring (bicyclic) bond motifs is 1. The van der Waals surface area contributed by atoms with Crippen molar-refractivity contribution in [2.45, 2.75) is 19.5 Å². The van der Waals surface area contributed by atoms with Gasteiger partial charge in [0.2, 0.25) is 0 Å². The van der Waals surface area contributed by atoms with Gasteiger partial charge in [0.05, 0.1) is 18.0 Å². The van der Waals surface area contributed by atoms with E-state index in [0.29, 0.717) is 17.9 Å². The average molecular weight is 348 g/mol. The van der Waals surface area contributed by atoms with Gasteiger partial charge in [-0.25, -0.2) is 4.98 Å². The summed E-state index contributed by atoms with van der Waals surface area (Å²) in [6.07, 6.45) is 3.36. The number of nitrogens with zero attached hydrogens (tertiary/aromatic N) is 2. The average Bonchev–Trinajstić information content (AvgIpc) is 3.00. The molecule has 21 heavy (non-hydrogen) atoms. The first-order valence-corrected chi connectivity index (χ1v) is 7.37. The van der Waals surface area contributed by atoms with Gasteiger partial charge in [0.15, 0.2) is 0 Å². The Bertz CT molecular complexity index is 811. The van der Waals surface area contributed by atoms with Crippen LogP contribution in [0, 0.1) is 0 Å². The number of furan rings is 1. The summed E-state index contributed by atoms with van der Waals surface area (Å²) in [6.45, 7) is 2.51. The predicted molar refractivity (Wildman–Crippen MR) is 83.1 cm³/mol. The molecule has 108 valence electrons. The summed E-state index contributed by atoms with van der Waals surface area (Å²) in [5.41, 5.74) is 1.25. The molecule has 0 saturated heterocycles. The van der Waals surface area contributed by atoms with Crippen molar-refractivity contribution in [1.82, 2.24) is 14.7 Å². The smallest absolute Gasteiger partial charge is 0.258 e. The number of aromatic nitrogens is 2. The summed E-state index contributed by atoms with van der Waals surface area (Å²) in [7, 11) is 0. The Labute approximate surface area is 129 Å². The predicted octanol–water partition coefficient (Wildman–Crippen LogP) is 2.90. The molecule has 0 aliphatic carbocycles. The van der Waals surface area contributed by atoms with Crippen LogP contribution in [0.4, 0.5) is 0 Å². The fourth-order valence-corrected chi connectivity index (χ4v) is 2.45. The highest BCUT2D eigenvalue weighted by molar-refractivity contribution is 9.10. The van der Waals surface area contributed by atoms with E-state index in [2.05, 4.69) is 26.2 Å². The first kappa shape index (κ1) is 14.0. The van der Waals surface area contributed by atoms with E-state index in [4.69, 9.17) is 4.42 Å². The van der Waals surface area contributed by atoms with E-state index < -0.39 is 0 Å². The van der Waals surface area contributed by atoms with Crippen LogP contribution in [-0.4, -0.2) is 9.38 Å². The SMILES string of the molecule is C[C@@H](NCc1cc(=O)n2cc(Br)ccc2n1)c1ccco1. The van der Waals surface area contributed by atoms with E-state index in [-0.39, 0.29) is 11.6 Å². The quantitative estimate of drug-likeness (QED) is 0.788. The topological polar surface area (TPSA) is 59.5 Å². The van der Waals surface area contributed by atoms with Crippen LogP contribution in [0.2, 0.25) is 0 Å². The molecule has 0 fully saturated rings. The van der Waals surface area contributed by atoms with E-state index >= 15 is 0 Å². The molecule has 0 aromatic carbocycles. The molecule has 0 aliphatic heterocycles. The van der Waals surface area contributed by atoms with Crippen LogP contribution in [0.3, 0.4) is 0 Å². The van der Waals surface area contributed by atoms with Crippen molar-refractivity contribution in [3.8, 4) is 0 Å². The molecular weight excluding hydrogens is 334 g/mol. The van der Waals surface area contributed by atoms with Crippen molar-refractivity contribution in [3.05, 3.63) is 69.1 Å². The van der Waals surface area contributed by atoms with Gasteiger partial charge in [-0.15, -0.1) is 0 Å². The summed E-state index contributed by atoms with van der Waals surface area (Å²) < 4.78 is 7.70. The van der Waals surface area contributed by atoms with Gasteiger partial charge in [-0.3, -0.25) is 9.20 Å². The van der Waals surface area contributed by atoms with E-state index in [1.165, 1.54) is 4.40 Å². The van der Waals surface area contributed by atoms with Crippen LogP contribution in [0.5, 0.6) is 0 Å². The summed E-state index contributed by atoms with van der Waals surface area (Å²) in [5.74, 6) is 0.858. The zero-order chi connectivity index (χ0) is 14.8. The molecule has 3 heterocycles. The van der Waals surface area contributed by atoms with Gasteiger partial charge in [-0.2, -0.15) is 0 Å². The van der Waals surface area contributed by atoms with Gasteiger partial charge in [0.25, 0.3) is 5.56 Å². The lowest BCUT2D eigenvalue weighted by molar-refractivity contribution is 0.428. The fraction of sp³-hybridized carbons (Fsp3) is 0.200. The molecular formula is C15H14BrN3O2. The minimum Gasteiger partial charge on any atom is -0.468 e. The minimum absolute atomic E-state index is 0.0603. The van der Waals surface area contributed by atoms with Crippen molar-refractivity contribution in [2.75, 3.05) is 0 Å². The molecule has 3 rings (SSSR count). The van der Waals surface area contributed by atoms with Crippen molar-refractivity contribution in [2.24, 2.45) is 0 Å². The summed E-state index contributed by atoms with van der Waals surface area (Å²) >= 11 is 3.35. The summed E-state index contributed by atoms with van der Waals surface area (Å²) in [5, 5.41) is 3.29. The number of rotatable bonds is 4. The third-order valence-corrected chi connectivity index (χ3v) is 3.70. The van der Waals surface area contributed by atoms with Crippen molar-refractivity contribution >= 4 is 21.6 Å². The van der Waals surface area contributed by atoms with Crippen LogP contribution < -0.4 is 10.9 Å². The lowest BCUT2D eigenvalue weighted by Crippen LogP contribution is -2.22. The molecule has 6 heteroatoms. The standard InChI is InChI=1S/C15H14BrN3O2/c1-10(13-3-2-6-21-13)17-8-12-7-15(20)19-9-11(16)4-5-14(19)18-12/h2-7,9-10,17H,8H2,1H3/t10-/m1/s1. The number of pyridine rings is 1. The normalized spacial score (nSPS) is 12.7. The van der Waals surface area contributed by atoms with Gasteiger partial charge >= 0.3 is 0 Å². The molecule has 0 saturated carbocycles. The maximum absolute atomic E-state index is 12.1. The highest BCUT2D eigenvalue weighted by Gasteiger charge is 2.09. The number of halogens is 1. The number of nitrogens with one attached hydrogen (secondary N) is 1. The van der Waals surface area contributed by atoms with Gasteiger partial charge in [-0.05, 0) is 47.1 Å². The molecule has 1 atom stereocenters. The van der Waals surface area contributed by atoms with Gasteiger partial charge < -0.3 is 9.73 Å². The van der Waals surface area contributed by atoms with E-state index in [0.717, 1.165) is 10.2 Å². The molecule has 3 aromatic heterocycles. The van der Waals surface area contributed by atoms with E-state index in [1.807, 2.05) is 31.2 Å². The second-order valence-corrected chi connectivity index (χ2v) is 5.69. The van der Waals surface area contributed by atoms with Gasteiger partial charge in [0, 0.05) is 23.3 Å². The van der Waals surface area contributed by atoms with E-state index in [1.54, 1.807) is 18.5 Å². The molecule has 0 radical (unpaired) electrons.